The van der Waals surface area contributed by atoms with Gasteiger partial charge in [0.25, 0.3) is 0 Å². The third-order valence-corrected chi connectivity index (χ3v) is 6.76. The van der Waals surface area contributed by atoms with Crippen molar-refractivity contribution in [3.63, 3.8) is 0 Å². The maximum atomic E-state index is 3.78. The first kappa shape index (κ1) is 22.1. The molecule has 0 nitrogen and oxygen atoms in total. The highest BCUT2D eigenvalue weighted by atomic mass is 79.9. The Morgan fingerprint density at radius 2 is 1.17 bits per heavy atom. The number of unbranched alkanes of at least 4 members (excludes halogenated alkanes) is 2. The molecule has 0 heterocycles. The van der Waals surface area contributed by atoms with Crippen LogP contribution in [0.15, 0.2) is 95.0 Å². The first-order valence-corrected chi connectivity index (χ1v) is 11.9. The first-order chi connectivity index (χ1) is 14.1. The molecule has 2 aromatic rings. The molecule has 0 unspecified atom stereocenters. The molecule has 0 aromatic heterocycles. The Morgan fingerprint density at radius 1 is 0.724 bits per heavy atom. The molecular weight excluding hydrogens is 484 g/mol. The van der Waals surface area contributed by atoms with Gasteiger partial charge in [0.2, 0.25) is 0 Å². The molecule has 0 saturated carbocycles. The van der Waals surface area contributed by atoms with Crippen molar-refractivity contribution in [1.82, 2.24) is 0 Å². The van der Waals surface area contributed by atoms with E-state index in [2.05, 4.69) is 106 Å². The summed E-state index contributed by atoms with van der Waals surface area (Å²) in [4.78, 5) is 0. The standard InChI is InChI=1S/C27H28Br2/c1-3-5-7-9-11-17-27(18-12-10-8-6-4-2)25-19-21(28)13-15-23(25)24-16-14-22(29)20-26(24)27/h3-8,13-16,19-20H,1-2,9-12,17-18H2. The van der Waals surface area contributed by atoms with Crippen LogP contribution in [0.1, 0.15) is 49.7 Å². The van der Waals surface area contributed by atoms with Crippen LogP contribution >= 0.6 is 31.9 Å². The molecule has 0 fully saturated rings. The molecule has 0 aliphatic heterocycles. The van der Waals surface area contributed by atoms with E-state index in [1.807, 2.05) is 12.2 Å². The molecule has 29 heavy (non-hydrogen) atoms. The molecule has 150 valence electrons. The number of allylic oxidation sites excluding steroid dienone is 6. The van der Waals surface area contributed by atoms with E-state index in [0.717, 1.165) is 47.5 Å². The highest BCUT2D eigenvalue weighted by Crippen LogP contribution is 2.55. The van der Waals surface area contributed by atoms with Crippen LogP contribution in [-0.2, 0) is 5.41 Å². The molecule has 0 radical (unpaired) electrons. The molecule has 0 bridgehead atoms. The van der Waals surface area contributed by atoms with Crippen LogP contribution in [0.25, 0.3) is 11.1 Å². The number of rotatable bonds is 10. The highest BCUT2D eigenvalue weighted by Gasteiger charge is 2.42. The summed E-state index contributed by atoms with van der Waals surface area (Å²) >= 11 is 7.45. The zero-order valence-electron chi connectivity index (χ0n) is 16.8. The second-order valence-electron chi connectivity index (χ2n) is 7.57. The molecule has 0 N–H and O–H groups in total. The Bertz CT molecular complexity index is 856. The smallest absolute Gasteiger partial charge is 0.0216 e. The van der Waals surface area contributed by atoms with Gasteiger partial charge in [-0.05, 0) is 85.0 Å². The minimum Gasteiger partial charge on any atom is -0.0991 e. The first-order valence-electron chi connectivity index (χ1n) is 10.3. The fourth-order valence-corrected chi connectivity index (χ4v) is 5.25. The van der Waals surface area contributed by atoms with E-state index in [4.69, 9.17) is 0 Å². The van der Waals surface area contributed by atoms with Gasteiger partial charge in [0.15, 0.2) is 0 Å². The predicted octanol–water partition coefficient (Wildman–Crippen LogP) is 9.30. The number of benzene rings is 2. The number of fused-ring (bicyclic) bond motifs is 3. The highest BCUT2D eigenvalue weighted by molar-refractivity contribution is 9.10. The Balaban J connectivity index is 2.02. The second-order valence-corrected chi connectivity index (χ2v) is 9.41. The van der Waals surface area contributed by atoms with Crippen molar-refractivity contribution in [2.45, 2.75) is 43.9 Å². The fraction of sp³-hybridized carbons (Fsp3) is 0.259. The van der Waals surface area contributed by atoms with Gasteiger partial charge in [0.05, 0.1) is 0 Å². The molecule has 3 rings (SSSR count). The van der Waals surface area contributed by atoms with Gasteiger partial charge in [-0.15, -0.1) is 0 Å². The largest absolute Gasteiger partial charge is 0.0991 e. The number of hydrogen-bond acceptors (Lipinski definition) is 0. The van der Waals surface area contributed by atoms with E-state index >= 15 is 0 Å². The van der Waals surface area contributed by atoms with Crippen LogP contribution in [0.2, 0.25) is 0 Å². The van der Waals surface area contributed by atoms with Gasteiger partial charge in [-0.3, -0.25) is 0 Å². The third-order valence-electron chi connectivity index (χ3n) is 5.78. The van der Waals surface area contributed by atoms with E-state index in [1.165, 1.54) is 22.3 Å². The van der Waals surface area contributed by atoms with Crippen molar-refractivity contribution in [1.29, 1.82) is 0 Å². The van der Waals surface area contributed by atoms with Gasteiger partial charge in [-0.2, -0.15) is 0 Å². The molecule has 0 amide bonds. The summed E-state index contributed by atoms with van der Waals surface area (Å²) in [7, 11) is 0. The number of halogens is 2. The number of hydrogen-bond donors (Lipinski definition) is 0. The Kier molecular flexibility index (Phi) is 7.91. The van der Waals surface area contributed by atoms with Crippen molar-refractivity contribution in [3.8, 4) is 11.1 Å². The topological polar surface area (TPSA) is 0 Å². The lowest BCUT2D eigenvalue weighted by atomic mass is 9.71. The van der Waals surface area contributed by atoms with Crippen LogP contribution in [-0.4, -0.2) is 0 Å². The Hall–Kier alpha value is -1.64. The normalized spacial score (nSPS) is 14.3. The average molecular weight is 512 g/mol. The van der Waals surface area contributed by atoms with Crippen molar-refractivity contribution in [3.05, 3.63) is 106 Å². The quantitative estimate of drug-likeness (QED) is 0.220. The fourth-order valence-electron chi connectivity index (χ4n) is 4.53. The maximum absolute atomic E-state index is 3.78. The summed E-state index contributed by atoms with van der Waals surface area (Å²) in [6.45, 7) is 7.57. The van der Waals surface area contributed by atoms with Gasteiger partial charge in [0.1, 0.15) is 0 Å². The zero-order valence-corrected chi connectivity index (χ0v) is 20.0. The van der Waals surface area contributed by atoms with Crippen LogP contribution < -0.4 is 0 Å². The van der Waals surface area contributed by atoms with Crippen molar-refractivity contribution < 1.29 is 0 Å². The molecule has 0 saturated heterocycles. The van der Waals surface area contributed by atoms with E-state index in [-0.39, 0.29) is 5.41 Å². The van der Waals surface area contributed by atoms with E-state index in [0.29, 0.717) is 0 Å². The average Bonchev–Trinajstić information content (AvgIpc) is 2.96. The Labute approximate surface area is 192 Å². The molecule has 0 atom stereocenters. The lowest BCUT2D eigenvalue weighted by Crippen LogP contribution is -2.25. The second kappa shape index (κ2) is 10.4. The summed E-state index contributed by atoms with van der Waals surface area (Å²) in [5.41, 5.74) is 5.78. The summed E-state index contributed by atoms with van der Waals surface area (Å²) in [5, 5.41) is 0. The maximum Gasteiger partial charge on any atom is 0.0216 e. The third kappa shape index (κ3) is 4.92. The van der Waals surface area contributed by atoms with Crippen molar-refractivity contribution in [2.75, 3.05) is 0 Å². The molecular formula is C27H28Br2. The van der Waals surface area contributed by atoms with Gasteiger partial charge in [-0.1, -0.05) is 93.6 Å². The lowest BCUT2D eigenvalue weighted by molar-refractivity contribution is 0.421. The summed E-state index contributed by atoms with van der Waals surface area (Å²) < 4.78 is 2.32. The zero-order chi connectivity index (χ0) is 20.7. The van der Waals surface area contributed by atoms with Crippen LogP contribution in [0.5, 0.6) is 0 Å². The van der Waals surface area contributed by atoms with Crippen molar-refractivity contribution >= 4 is 31.9 Å². The summed E-state index contributed by atoms with van der Waals surface area (Å²) in [5.74, 6) is 0. The van der Waals surface area contributed by atoms with Crippen LogP contribution in [0.4, 0.5) is 0 Å². The van der Waals surface area contributed by atoms with Crippen molar-refractivity contribution in [2.24, 2.45) is 0 Å². The predicted molar refractivity (Wildman–Crippen MR) is 134 cm³/mol. The van der Waals surface area contributed by atoms with E-state index in [9.17, 15) is 0 Å². The lowest BCUT2D eigenvalue weighted by Gasteiger charge is -2.33. The molecule has 0 spiro atoms. The Morgan fingerprint density at radius 3 is 1.59 bits per heavy atom. The summed E-state index contributed by atoms with van der Waals surface area (Å²) in [6, 6.07) is 13.6. The molecule has 1 aliphatic rings. The van der Waals surface area contributed by atoms with Gasteiger partial charge < -0.3 is 0 Å². The minimum atomic E-state index is 0.0578. The molecule has 2 aromatic carbocycles. The monoisotopic (exact) mass is 510 g/mol. The summed E-state index contributed by atoms with van der Waals surface area (Å²) in [6.07, 6.45) is 19.0. The van der Waals surface area contributed by atoms with E-state index < -0.39 is 0 Å². The van der Waals surface area contributed by atoms with Gasteiger partial charge in [-0.25, -0.2) is 0 Å². The van der Waals surface area contributed by atoms with Gasteiger partial charge >= 0.3 is 0 Å². The van der Waals surface area contributed by atoms with Crippen LogP contribution in [0, 0.1) is 0 Å². The molecule has 1 aliphatic carbocycles. The minimum absolute atomic E-state index is 0.0578. The SMILES string of the molecule is C=CC=CCCCC1(CCCC=CC=C)c2cc(Br)ccc2-c2ccc(Br)cc21. The van der Waals surface area contributed by atoms with Crippen LogP contribution in [0.3, 0.4) is 0 Å². The van der Waals surface area contributed by atoms with E-state index in [1.54, 1.807) is 0 Å². The van der Waals surface area contributed by atoms with Gasteiger partial charge in [0, 0.05) is 14.4 Å². The molecule has 2 heteroatoms.